The maximum Gasteiger partial charge on any atom is 0.573 e. The van der Waals surface area contributed by atoms with Crippen LogP contribution in [-0.4, -0.2) is 22.4 Å². The van der Waals surface area contributed by atoms with E-state index >= 15 is 0 Å². The Morgan fingerprint density at radius 1 is 0.821 bits per heavy atom. The zero-order valence-corrected chi connectivity index (χ0v) is 20.1. The number of amides is 2. The number of ether oxygens (including phenoxy) is 1. The Labute approximate surface area is 221 Å². The Morgan fingerprint density at radius 3 is 2.15 bits per heavy atom. The number of nitrogens with zero attached hydrogens (tertiary/aromatic N) is 2. The van der Waals surface area contributed by atoms with Crippen molar-refractivity contribution in [2.45, 2.75) is 12.5 Å². The summed E-state index contributed by atoms with van der Waals surface area (Å²) in [5.41, 5.74) is 0.505. The fourth-order valence-corrected chi connectivity index (χ4v) is 3.55. The Morgan fingerprint density at radius 2 is 1.49 bits per heavy atom. The van der Waals surface area contributed by atoms with E-state index in [2.05, 4.69) is 30.7 Å². The highest BCUT2D eigenvalue weighted by atomic mass is 35.5. The van der Waals surface area contributed by atoms with Gasteiger partial charge in [0.1, 0.15) is 5.75 Å². The van der Waals surface area contributed by atoms with Gasteiger partial charge in [0.05, 0.1) is 16.3 Å². The molecule has 3 aromatic carbocycles. The van der Waals surface area contributed by atoms with Gasteiger partial charge in [-0.2, -0.15) is 13.2 Å². The number of anilines is 4. The van der Waals surface area contributed by atoms with E-state index in [9.17, 15) is 31.1 Å². The lowest BCUT2D eigenvalue weighted by Gasteiger charge is -2.13. The Hall–Kier alpha value is -4.52. The number of aromatic nitrogens is 2. The third-order valence-electron chi connectivity index (χ3n) is 4.95. The van der Waals surface area contributed by atoms with Crippen molar-refractivity contribution < 1.29 is 35.9 Å². The number of hydrogen-bond acceptors (Lipinski definition) is 5. The van der Waals surface area contributed by atoms with E-state index in [1.165, 1.54) is 30.5 Å². The number of benzene rings is 3. The summed E-state index contributed by atoms with van der Waals surface area (Å²) < 4.78 is 80.1. The molecule has 0 aliphatic rings. The first kappa shape index (κ1) is 27.5. The Kier molecular flexibility index (Phi) is 7.81. The van der Waals surface area contributed by atoms with Crippen molar-refractivity contribution in [1.82, 2.24) is 9.97 Å². The van der Waals surface area contributed by atoms with Gasteiger partial charge in [0.2, 0.25) is 5.95 Å². The zero-order valence-electron chi connectivity index (χ0n) is 19.4. The van der Waals surface area contributed by atoms with Crippen LogP contribution in [0.2, 0.25) is 5.02 Å². The normalized spacial score (nSPS) is 11.6. The molecule has 0 atom stereocenters. The third-order valence-corrected chi connectivity index (χ3v) is 5.28. The van der Waals surface area contributed by atoms with Gasteiger partial charge >= 0.3 is 18.6 Å². The van der Waals surface area contributed by atoms with Crippen LogP contribution in [0.1, 0.15) is 5.56 Å². The molecular formula is C25H16ClF6N5O2. The van der Waals surface area contributed by atoms with Crippen molar-refractivity contribution in [3.8, 4) is 17.0 Å². The molecular weight excluding hydrogens is 552 g/mol. The number of carbonyl (C=O) groups excluding carboxylic acids is 1. The van der Waals surface area contributed by atoms with Crippen LogP contribution in [0.15, 0.2) is 79.0 Å². The van der Waals surface area contributed by atoms with Gasteiger partial charge < -0.3 is 20.7 Å². The maximum absolute atomic E-state index is 13.1. The van der Waals surface area contributed by atoms with Gasteiger partial charge in [0, 0.05) is 28.8 Å². The highest BCUT2D eigenvalue weighted by Crippen LogP contribution is 2.36. The molecule has 1 aromatic heterocycles. The van der Waals surface area contributed by atoms with E-state index < -0.39 is 29.2 Å². The highest BCUT2D eigenvalue weighted by molar-refractivity contribution is 6.31. The van der Waals surface area contributed by atoms with Crippen molar-refractivity contribution in [2.24, 2.45) is 0 Å². The van der Waals surface area contributed by atoms with E-state index in [0.29, 0.717) is 22.6 Å². The molecule has 39 heavy (non-hydrogen) atoms. The van der Waals surface area contributed by atoms with Gasteiger partial charge in [-0.05, 0) is 66.7 Å². The van der Waals surface area contributed by atoms with Crippen LogP contribution in [0.3, 0.4) is 0 Å². The summed E-state index contributed by atoms with van der Waals surface area (Å²) in [4.78, 5) is 20.8. The summed E-state index contributed by atoms with van der Waals surface area (Å²) in [6.45, 7) is 0. The first-order valence-corrected chi connectivity index (χ1v) is 11.2. The maximum atomic E-state index is 13.1. The molecule has 0 aliphatic carbocycles. The average molecular weight is 568 g/mol. The smallest absolute Gasteiger partial charge is 0.406 e. The van der Waals surface area contributed by atoms with Gasteiger partial charge in [0.15, 0.2) is 0 Å². The molecule has 0 aliphatic heterocycles. The molecule has 7 nitrogen and oxygen atoms in total. The number of halogens is 7. The van der Waals surface area contributed by atoms with E-state index in [-0.39, 0.29) is 17.4 Å². The standard InChI is InChI=1S/C25H16ClF6N5O2/c26-20-9-6-17(13-19(20)24(27,28)29)36-23(38)35-16-3-1-2-15(12-16)34-22-33-11-10-21(37-22)14-4-7-18(8-5-14)39-25(30,31)32/h1-13H,(H,33,34,37)(H2,35,36,38). The van der Waals surface area contributed by atoms with Crippen LogP contribution in [0.4, 0.5) is 54.1 Å². The highest BCUT2D eigenvalue weighted by Gasteiger charge is 2.33. The molecule has 0 saturated heterocycles. The van der Waals surface area contributed by atoms with Gasteiger partial charge in [-0.15, -0.1) is 13.2 Å². The second-order valence-electron chi connectivity index (χ2n) is 7.81. The molecule has 0 unspecified atom stereocenters. The fourth-order valence-electron chi connectivity index (χ4n) is 3.32. The van der Waals surface area contributed by atoms with Crippen LogP contribution < -0.4 is 20.7 Å². The first-order chi connectivity index (χ1) is 18.4. The van der Waals surface area contributed by atoms with Crippen LogP contribution >= 0.6 is 11.6 Å². The minimum atomic E-state index is -4.80. The summed E-state index contributed by atoms with van der Waals surface area (Å²) in [7, 11) is 0. The average Bonchev–Trinajstić information content (AvgIpc) is 2.84. The SMILES string of the molecule is O=C(Nc1cccc(Nc2nccc(-c3ccc(OC(F)(F)F)cc3)n2)c1)Nc1ccc(Cl)c(C(F)(F)F)c1. The summed E-state index contributed by atoms with van der Waals surface area (Å²) >= 11 is 5.59. The third kappa shape index (κ3) is 7.74. The summed E-state index contributed by atoms with van der Waals surface area (Å²) in [5, 5.41) is 7.28. The van der Waals surface area contributed by atoms with Gasteiger partial charge in [-0.1, -0.05) is 17.7 Å². The zero-order chi connectivity index (χ0) is 28.2. The molecule has 4 aromatic rings. The minimum absolute atomic E-state index is 0.110. The Bertz CT molecular complexity index is 1480. The molecule has 0 saturated carbocycles. The molecule has 4 rings (SSSR count). The Balaban J connectivity index is 1.42. The van der Waals surface area contributed by atoms with Crippen molar-refractivity contribution in [1.29, 1.82) is 0 Å². The second kappa shape index (κ2) is 11.1. The summed E-state index contributed by atoms with van der Waals surface area (Å²) in [6, 6.07) is 15.2. The lowest BCUT2D eigenvalue weighted by molar-refractivity contribution is -0.274. The van der Waals surface area contributed by atoms with Crippen LogP contribution in [0.5, 0.6) is 5.75 Å². The molecule has 0 fully saturated rings. The van der Waals surface area contributed by atoms with Crippen LogP contribution in [0, 0.1) is 0 Å². The molecule has 2 amide bonds. The largest absolute Gasteiger partial charge is 0.573 e. The summed E-state index contributed by atoms with van der Waals surface area (Å²) in [5.74, 6) is -0.213. The van der Waals surface area contributed by atoms with Crippen molar-refractivity contribution >= 4 is 40.6 Å². The topological polar surface area (TPSA) is 88.2 Å². The number of rotatable bonds is 6. The second-order valence-corrected chi connectivity index (χ2v) is 8.22. The number of alkyl halides is 6. The molecule has 0 spiro atoms. The number of urea groups is 1. The fraction of sp³-hybridized carbons (Fsp3) is 0.0800. The van der Waals surface area contributed by atoms with Crippen molar-refractivity contribution in [3.63, 3.8) is 0 Å². The van der Waals surface area contributed by atoms with Crippen molar-refractivity contribution in [3.05, 3.63) is 89.6 Å². The predicted octanol–water partition coefficient (Wildman–Crippen LogP) is 8.10. The molecule has 14 heteroatoms. The first-order valence-electron chi connectivity index (χ1n) is 10.9. The van der Waals surface area contributed by atoms with Crippen molar-refractivity contribution in [2.75, 3.05) is 16.0 Å². The van der Waals surface area contributed by atoms with Crippen LogP contribution in [-0.2, 0) is 6.18 Å². The van der Waals surface area contributed by atoms with E-state index in [0.717, 1.165) is 24.3 Å². The van der Waals surface area contributed by atoms with Gasteiger partial charge in [0.25, 0.3) is 0 Å². The predicted molar refractivity (Wildman–Crippen MR) is 133 cm³/mol. The number of hydrogen-bond donors (Lipinski definition) is 3. The van der Waals surface area contributed by atoms with E-state index in [1.54, 1.807) is 24.3 Å². The lowest BCUT2D eigenvalue weighted by Crippen LogP contribution is -2.20. The monoisotopic (exact) mass is 567 g/mol. The van der Waals surface area contributed by atoms with E-state index in [1.807, 2.05) is 0 Å². The number of carbonyl (C=O) groups is 1. The lowest BCUT2D eigenvalue weighted by atomic mass is 10.1. The summed E-state index contributed by atoms with van der Waals surface area (Å²) in [6.07, 6.45) is -8.04. The molecule has 3 N–H and O–H groups in total. The molecule has 1 heterocycles. The minimum Gasteiger partial charge on any atom is -0.406 e. The quantitative estimate of drug-likeness (QED) is 0.205. The molecule has 0 bridgehead atoms. The van der Waals surface area contributed by atoms with Gasteiger partial charge in [-0.3, -0.25) is 0 Å². The van der Waals surface area contributed by atoms with E-state index in [4.69, 9.17) is 11.6 Å². The van der Waals surface area contributed by atoms with Crippen LogP contribution in [0.25, 0.3) is 11.3 Å². The van der Waals surface area contributed by atoms with Gasteiger partial charge in [-0.25, -0.2) is 14.8 Å². The molecule has 202 valence electrons. The number of nitrogens with one attached hydrogen (secondary N) is 3. The molecule has 0 radical (unpaired) electrons.